The van der Waals surface area contributed by atoms with Crippen LogP contribution in [-0.2, 0) is 16.8 Å². The predicted octanol–water partition coefficient (Wildman–Crippen LogP) is 4.54. The molecule has 3 aromatic rings. The number of anilines is 1. The van der Waals surface area contributed by atoms with Gasteiger partial charge in [0, 0.05) is 16.7 Å². The maximum Gasteiger partial charge on any atom is 0.198 e. The SMILES string of the molecule is CCc1cc2cc3c(cc2cc1C)C(=O)c1c(O)cc2c(c1C3=O)N[C@H]1C#C/C=C\C#C[C@@H](O)[C@@]23O[C@@]13C(C)C. The number of ketones is 2. The number of benzene rings is 3. The predicted molar refractivity (Wildman–Crippen MR) is 151 cm³/mol. The van der Waals surface area contributed by atoms with Crippen molar-refractivity contribution in [3.63, 3.8) is 0 Å². The number of aryl methyl sites for hydroxylation is 2. The molecule has 4 aliphatic rings. The van der Waals surface area contributed by atoms with Gasteiger partial charge in [-0.3, -0.25) is 9.59 Å². The molecule has 6 nitrogen and oxygen atoms in total. The van der Waals surface area contributed by atoms with Crippen molar-refractivity contribution >= 4 is 28.0 Å². The first-order chi connectivity index (χ1) is 19.2. The minimum atomic E-state index is -1.34. The van der Waals surface area contributed by atoms with E-state index in [-0.39, 0.29) is 39.7 Å². The molecule has 0 unspecified atom stereocenters. The fourth-order valence-electron chi connectivity index (χ4n) is 7.02. The van der Waals surface area contributed by atoms with Gasteiger partial charge in [-0.15, -0.1) is 0 Å². The summed E-state index contributed by atoms with van der Waals surface area (Å²) >= 11 is 0. The van der Waals surface area contributed by atoms with E-state index in [9.17, 15) is 19.8 Å². The summed E-state index contributed by atoms with van der Waals surface area (Å²) in [5.74, 6) is 10.6. The molecule has 3 N–H and O–H groups in total. The average molecular weight is 530 g/mol. The number of hydrogen-bond donors (Lipinski definition) is 3. The summed E-state index contributed by atoms with van der Waals surface area (Å²) in [7, 11) is 0. The van der Waals surface area contributed by atoms with Crippen molar-refractivity contribution in [3.05, 3.63) is 81.4 Å². The molecule has 2 aliphatic heterocycles. The van der Waals surface area contributed by atoms with Crippen molar-refractivity contribution in [1.82, 2.24) is 0 Å². The van der Waals surface area contributed by atoms with Crippen LogP contribution in [0, 0.1) is 36.5 Å². The minimum absolute atomic E-state index is 0.0582. The van der Waals surface area contributed by atoms with Crippen molar-refractivity contribution in [2.24, 2.45) is 5.92 Å². The van der Waals surface area contributed by atoms with Crippen molar-refractivity contribution in [1.29, 1.82) is 0 Å². The molecule has 0 aromatic heterocycles. The highest BCUT2D eigenvalue weighted by Gasteiger charge is 2.81. The zero-order chi connectivity index (χ0) is 28.1. The summed E-state index contributed by atoms with van der Waals surface area (Å²) in [6, 6.07) is 8.44. The van der Waals surface area contributed by atoms with Gasteiger partial charge in [0.2, 0.25) is 0 Å². The maximum atomic E-state index is 14.3. The smallest absolute Gasteiger partial charge is 0.198 e. The third-order valence-electron chi connectivity index (χ3n) is 8.99. The normalized spacial score (nSPS) is 27.6. The molecule has 4 atom stereocenters. The number of carbonyl (C=O) groups is 2. The Hall–Kier alpha value is -4.36. The van der Waals surface area contributed by atoms with Crippen LogP contribution < -0.4 is 5.32 Å². The number of nitrogens with one attached hydrogen (secondary N) is 1. The number of aliphatic hydroxyl groups is 1. The van der Waals surface area contributed by atoms with Crippen molar-refractivity contribution in [2.75, 3.05) is 5.32 Å². The number of fused-ring (bicyclic) bond motifs is 5. The second-order valence-electron chi connectivity index (χ2n) is 11.3. The van der Waals surface area contributed by atoms with E-state index in [1.165, 1.54) is 11.6 Å². The van der Waals surface area contributed by atoms with Gasteiger partial charge in [-0.05, 0) is 71.5 Å². The molecule has 0 saturated carbocycles. The van der Waals surface area contributed by atoms with Crippen molar-refractivity contribution in [3.8, 4) is 29.4 Å². The number of rotatable bonds is 2. The van der Waals surface area contributed by atoms with E-state index < -0.39 is 29.1 Å². The molecule has 7 rings (SSSR count). The van der Waals surface area contributed by atoms with Crippen LogP contribution in [0.4, 0.5) is 5.69 Å². The Labute approximate surface area is 232 Å². The summed E-state index contributed by atoms with van der Waals surface area (Å²) in [5.41, 5.74) is 1.28. The highest BCUT2D eigenvalue weighted by Crippen LogP contribution is 2.68. The summed E-state index contributed by atoms with van der Waals surface area (Å²) in [5, 5.41) is 27.9. The summed E-state index contributed by atoms with van der Waals surface area (Å²) in [6.07, 6.45) is 2.76. The molecule has 1 saturated heterocycles. The maximum absolute atomic E-state index is 14.3. The number of epoxide rings is 1. The summed E-state index contributed by atoms with van der Waals surface area (Å²) in [6.45, 7) is 8.07. The average Bonchev–Trinajstić information content (AvgIpc) is 3.66. The lowest BCUT2D eigenvalue weighted by atomic mass is 9.67. The number of carbonyl (C=O) groups excluding carboxylic acids is 2. The molecule has 0 radical (unpaired) electrons. The number of aromatic hydroxyl groups is 1. The van der Waals surface area contributed by atoms with Gasteiger partial charge in [0.15, 0.2) is 23.3 Å². The van der Waals surface area contributed by atoms with Crippen LogP contribution in [-0.4, -0.2) is 39.5 Å². The lowest BCUT2D eigenvalue weighted by Gasteiger charge is -2.38. The molecule has 1 fully saturated rings. The third-order valence-corrected chi connectivity index (χ3v) is 8.99. The molecule has 2 aliphatic carbocycles. The zero-order valence-electron chi connectivity index (χ0n) is 22.6. The Morgan fingerprint density at radius 1 is 0.975 bits per heavy atom. The third kappa shape index (κ3) is 2.88. The van der Waals surface area contributed by atoms with Crippen LogP contribution in [0.1, 0.15) is 69.3 Å². The van der Waals surface area contributed by atoms with Crippen molar-refractivity contribution < 1.29 is 24.5 Å². The number of allylic oxidation sites excluding steroid dienone is 2. The highest BCUT2D eigenvalue weighted by molar-refractivity contribution is 6.32. The van der Waals surface area contributed by atoms with Gasteiger partial charge in [0.05, 0.1) is 16.8 Å². The highest BCUT2D eigenvalue weighted by atomic mass is 16.6. The van der Waals surface area contributed by atoms with Crippen molar-refractivity contribution in [2.45, 2.75) is 57.5 Å². The first-order valence-electron chi connectivity index (χ1n) is 13.5. The lowest BCUT2D eigenvalue weighted by molar-refractivity contribution is 0.0975. The minimum Gasteiger partial charge on any atom is -0.507 e. The Balaban J connectivity index is 1.50. The van der Waals surface area contributed by atoms with Crippen LogP contribution >= 0.6 is 0 Å². The molecule has 0 spiro atoms. The van der Waals surface area contributed by atoms with Gasteiger partial charge in [0.25, 0.3) is 0 Å². The Morgan fingerprint density at radius 3 is 2.30 bits per heavy atom. The van der Waals surface area contributed by atoms with E-state index in [2.05, 4.69) is 42.0 Å². The van der Waals surface area contributed by atoms with E-state index in [1.807, 2.05) is 26.8 Å². The van der Waals surface area contributed by atoms with Crippen LogP contribution in [0.15, 0.2) is 42.5 Å². The van der Waals surface area contributed by atoms with Crippen LogP contribution in [0.3, 0.4) is 0 Å². The standard InChI is InChI=1S/C34H27NO5/c1-5-19-13-21-15-23-22(14-20(21)12-18(19)4)31(38)28-25(36)16-24-30(29(28)32(23)39)35-26-10-8-6-7-9-11-27(37)34(24)33(26,40-34)17(2)3/h6-7,12-17,26-27,35-37H,5H2,1-4H3/b7-6-/t26-,27+,33-,34-/m0/s1. The molecule has 2 bridgehead atoms. The van der Waals surface area contributed by atoms with E-state index in [0.717, 1.165) is 22.8 Å². The van der Waals surface area contributed by atoms with Crippen LogP contribution in [0.25, 0.3) is 10.8 Å². The second kappa shape index (κ2) is 8.08. The largest absolute Gasteiger partial charge is 0.507 e. The van der Waals surface area contributed by atoms with Gasteiger partial charge in [-0.2, -0.15) is 0 Å². The number of phenols is 1. The van der Waals surface area contributed by atoms with E-state index in [4.69, 9.17) is 4.74 Å². The van der Waals surface area contributed by atoms with E-state index >= 15 is 0 Å². The first kappa shape index (κ1) is 24.7. The molecule has 198 valence electrons. The molecule has 40 heavy (non-hydrogen) atoms. The molecule has 0 amide bonds. The summed E-state index contributed by atoms with van der Waals surface area (Å²) in [4.78, 5) is 28.2. The monoisotopic (exact) mass is 529 g/mol. The van der Waals surface area contributed by atoms with Gasteiger partial charge in [-0.1, -0.05) is 56.6 Å². The molecular formula is C34H27NO5. The van der Waals surface area contributed by atoms with Gasteiger partial charge >= 0.3 is 0 Å². The zero-order valence-corrected chi connectivity index (χ0v) is 22.6. The quantitative estimate of drug-likeness (QED) is 0.200. The molecular weight excluding hydrogens is 502 g/mol. The van der Waals surface area contributed by atoms with E-state index in [0.29, 0.717) is 11.3 Å². The first-order valence-corrected chi connectivity index (χ1v) is 13.5. The topological polar surface area (TPSA) is 99.2 Å². The van der Waals surface area contributed by atoms with Gasteiger partial charge in [-0.25, -0.2) is 0 Å². The second-order valence-corrected chi connectivity index (χ2v) is 11.3. The number of ether oxygens (including phenoxy) is 1. The fraction of sp³-hybridized carbons (Fsp3) is 0.294. The van der Waals surface area contributed by atoms with E-state index in [1.54, 1.807) is 24.3 Å². The lowest BCUT2D eigenvalue weighted by Crippen LogP contribution is -2.52. The Morgan fingerprint density at radius 2 is 1.62 bits per heavy atom. The number of hydrogen-bond acceptors (Lipinski definition) is 6. The summed E-state index contributed by atoms with van der Waals surface area (Å²) < 4.78 is 6.47. The fourth-order valence-corrected chi connectivity index (χ4v) is 7.02. The van der Waals surface area contributed by atoms with Crippen LogP contribution in [0.5, 0.6) is 5.75 Å². The van der Waals surface area contributed by atoms with Gasteiger partial charge < -0.3 is 20.3 Å². The number of phenolic OH excluding ortho intramolecular Hbond substituents is 1. The Kier molecular flexibility index (Phi) is 4.98. The Bertz CT molecular complexity index is 1880. The molecule has 6 heteroatoms. The molecule has 3 aromatic carbocycles. The van der Waals surface area contributed by atoms with Gasteiger partial charge in [0.1, 0.15) is 17.4 Å². The molecule has 2 heterocycles. The van der Waals surface area contributed by atoms with Crippen LogP contribution in [0.2, 0.25) is 0 Å². The number of aliphatic hydroxyl groups excluding tert-OH is 1.